The van der Waals surface area contributed by atoms with E-state index in [-0.39, 0.29) is 6.04 Å². The summed E-state index contributed by atoms with van der Waals surface area (Å²) in [6.07, 6.45) is 4.24. The summed E-state index contributed by atoms with van der Waals surface area (Å²) in [5.41, 5.74) is 7.11. The van der Waals surface area contributed by atoms with Gasteiger partial charge in [-0.15, -0.1) is 0 Å². The highest BCUT2D eigenvalue weighted by atomic mass is 35.5. The van der Waals surface area contributed by atoms with Crippen molar-refractivity contribution < 1.29 is 0 Å². The minimum Gasteiger partial charge on any atom is -0.327 e. The van der Waals surface area contributed by atoms with Gasteiger partial charge in [-0.3, -0.25) is 4.98 Å². The molecular weight excluding hydrogens is 228 g/mol. The molecular formula is C11H17ClN2S. The summed E-state index contributed by atoms with van der Waals surface area (Å²) in [7, 11) is 0. The SMILES string of the molecule is CC(C)SCC(N)Cc1ccncc1Cl. The van der Waals surface area contributed by atoms with Crippen LogP contribution in [0.2, 0.25) is 5.02 Å². The number of hydrogen-bond donors (Lipinski definition) is 1. The Bertz CT molecular complexity index is 304. The van der Waals surface area contributed by atoms with E-state index in [0.717, 1.165) is 17.7 Å². The third kappa shape index (κ3) is 4.87. The molecule has 0 aliphatic rings. The Morgan fingerprint density at radius 3 is 2.87 bits per heavy atom. The van der Waals surface area contributed by atoms with E-state index >= 15 is 0 Å². The number of nitrogens with two attached hydrogens (primary N) is 1. The van der Waals surface area contributed by atoms with Crippen molar-refractivity contribution in [1.82, 2.24) is 4.98 Å². The molecule has 0 bridgehead atoms. The van der Waals surface area contributed by atoms with Crippen molar-refractivity contribution in [3.05, 3.63) is 29.0 Å². The minimum absolute atomic E-state index is 0.164. The molecule has 0 aliphatic carbocycles. The van der Waals surface area contributed by atoms with Gasteiger partial charge in [-0.05, 0) is 23.3 Å². The zero-order valence-corrected chi connectivity index (χ0v) is 10.7. The molecule has 1 aromatic rings. The predicted molar refractivity (Wildman–Crippen MR) is 68.5 cm³/mol. The Morgan fingerprint density at radius 1 is 1.53 bits per heavy atom. The van der Waals surface area contributed by atoms with Gasteiger partial charge >= 0.3 is 0 Å². The van der Waals surface area contributed by atoms with Crippen LogP contribution in [0.25, 0.3) is 0 Å². The Balaban J connectivity index is 2.44. The predicted octanol–water partition coefficient (Wildman–Crippen LogP) is 2.75. The summed E-state index contributed by atoms with van der Waals surface area (Å²) in [4.78, 5) is 3.95. The first-order valence-electron chi connectivity index (χ1n) is 5.05. The number of halogens is 1. The summed E-state index contributed by atoms with van der Waals surface area (Å²) in [5, 5.41) is 1.34. The Morgan fingerprint density at radius 2 is 2.27 bits per heavy atom. The zero-order valence-electron chi connectivity index (χ0n) is 9.11. The van der Waals surface area contributed by atoms with Crippen molar-refractivity contribution in [3.8, 4) is 0 Å². The molecule has 0 aromatic carbocycles. The van der Waals surface area contributed by atoms with Gasteiger partial charge in [0.2, 0.25) is 0 Å². The fraction of sp³-hybridized carbons (Fsp3) is 0.545. The van der Waals surface area contributed by atoms with Crippen molar-refractivity contribution in [1.29, 1.82) is 0 Å². The van der Waals surface area contributed by atoms with Gasteiger partial charge in [0.15, 0.2) is 0 Å². The molecule has 0 spiro atoms. The first-order chi connectivity index (χ1) is 7.09. The molecule has 1 atom stereocenters. The lowest BCUT2D eigenvalue weighted by atomic mass is 10.1. The molecule has 1 unspecified atom stereocenters. The van der Waals surface area contributed by atoms with Crippen LogP contribution in [0.3, 0.4) is 0 Å². The van der Waals surface area contributed by atoms with Crippen LogP contribution in [0.5, 0.6) is 0 Å². The van der Waals surface area contributed by atoms with Crippen molar-refractivity contribution >= 4 is 23.4 Å². The third-order valence-corrected chi connectivity index (χ3v) is 3.61. The maximum atomic E-state index is 6.02. The topological polar surface area (TPSA) is 38.9 Å². The van der Waals surface area contributed by atoms with Crippen molar-refractivity contribution in [3.63, 3.8) is 0 Å². The number of rotatable bonds is 5. The highest BCUT2D eigenvalue weighted by Gasteiger charge is 2.08. The van der Waals surface area contributed by atoms with Crippen molar-refractivity contribution in [2.24, 2.45) is 5.73 Å². The second-order valence-electron chi connectivity index (χ2n) is 3.81. The fourth-order valence-electron chi connectivity index (χ4n) is 1.23. The first kappa shape index (κ1) is 12.8. The second kappa shape index (κ2) is 6.36. The lowest BCUT2D eigenvalue weighted by Crippen LogP contribution is -2.26. The third-order valence-electron chi connectivity index (χ3n) is 1.98. The zero-order chi connectivity index (χ0) is 11.3. The number of aromatic nitrogens is 1. The van der Waals surface area contributed by atoms with Gasteiger partial charge in [0.25, 0.3) is 0 Å². The van der Waals surface area contributed by atoms with E-state index in [2.05, 4.69) is 18.8 Å². The highest BCUT2D eigenvalue weighted by molar-refractivity contribution is 7.99. The summed E-state index contributed by atoms with van der Waals surface area (Å²) in [6.45, 7) is 4.35. The standard InChI is InChI=1S/C11H17ClN2S/c1-8(2)15-7-10(13)5-9-3-4-14-6-11(9)12/h3-4,6,8,10H,5,7,13H2,1-2H3. The van der Waals surface area contributed by atoms with Gasteiger partial charge in [-0.25, -0.2) is 0 Å². The quantitative estimate of drug-likeness (QED) is 0.866. The van der Waals surface area contributed by atoms with Crippen LogP contribution < -0.4 is 5.73 Å². The molecule has 1 aromatic heterocycles. The largest absolute Gasteiger partial charge is 0.327 e. The molecule has 0 fully saturated rings. The van der Waals surface area contributed by atoms with E-state index in [1.165, 1.54) is 0 Å². The summed E-state index contributed by atoms with van der Waals surface area (Å²) >= 11 is 7.89. The van der Waals surface area contributed by atoms with Gasteiger partial charge in [-0.2, -0.15) is 11.8 Å². The molecule has 0 saturated carbocycles. The fourth-order valence-corrected chi connectivity index (χ4v) is 2.17. The number of thioether (sulfide) groups is 1. The molecule has 2 N–H and O–H groups in total. The van der Waals surface area contributed by atoms with E-state index in [1.54, 1.807) is 12.4 Å². The Labute approximate surface area is 101 Å². The van der Waals surface area contributed by atoms with Gasteiger partial charge in [0, 0.05) is 24.2 Å². The summed E-state index contributed by atoms with van der Waals surface area (Å²) in [6, 6.07) is 2.10. The van der Waals surface area contributed by atoms with Crippen molar-refractivity contribution in [2.75, 3.05) is 5.75 Å². The van der Waals surface area contributed by atoms with Gasteiger partial charge < -0.3 is 5.73 Å². The maximum Gasteiger partial charge on any atom is 0.0621 e. The lowest BCUT2D eigenvalue weighted by Gasteiger charge is -2.13. The monoisotopic (exact) mass is 244 g/mol. The van der Waals surface area contributed by atoms with Crippen LogP contribution in [0, 0.1) is 0 Å². The van der Waals surface area contributed by atoms with Crippen molar-refractivity contribution in [2.45, 2.75) is 31.6 Å². The van der Waals surface area contributed by atoms with E-state index in [1.807, 2.05) is 17.8 Å². The molecule has 0 aliphatic heterocycles. The van der Waals surface area contributed by atoms with E-state index in [0.29, 0.717) is 10.3 Å². The van der Waals surface area contributed by atoms with Crippen LogP contribution in [-0.4, -0.2) is 22.0 Å². The maximum absolute atomic E-state index is 6.02. The smallest absolute Gasteiger partial charge is 0.0621 e. The molecule has 0 radical (unpaired) electrons. The van der Waals surface area contributed by atoms with Crippen LogP contribution in [0.4, 0.5) is 0 Å². The lowest BCUT2D eigenvalue weighted by molar-refractivity contribution is 0.746. The molecule has 0 amide bonds. The minimum atomic E-state index is 0.164. The summed E-state index contributed by atoms with van der Waals surface area (Å²) in [5.74, 6) is 0.969. The van der Waals surface area contributed by atoms with Gasteiger partial charge in [-0.1, -0.05) is 25.4 Å². The second-order valence-corrected chi connectivity index (χ2v) is 5.83. The van der Waals surface area contributed by atoms with Crippen LogP contribution in [0.1, 0.15) is 19.4 Å². The molecule has 2 nitrogen and oxygen atoms in total. The normalized spacial score (nSPS) is 13.1. The van der Waals surface area contributed by atoms with E-state index in [9.17, 15) is 0 Å². The number of nitrogens with zero attached hydrogens (tertiary/aromatic N) is 1. The summed E-state index contributed by atoms with van der Waals surface area (Å²) < 4.78 is 0. The Kier molecular flexibility index (Phi) is 5.43. The van der Waals surface area contributed by atoms with Gasteiger partial charge in [0.05, 0.1) is 5.02 Å². The number of hydrogen-bond acceptors (Lipinski definition) is 3. The van der Waals surface area contributed by atoms with E-state index in [4.69, 9.17) is 17.3 Å². The molecule has 1 heterocycles. The first-order valence-corrected chi connectivity index (χ1v) is 6.48. The Hall–Kier alpha value is -0.250. The van der Waals surface area contributed by atoms with Gasteiger partial charge in [0.1, 0.15) is 0 Å². The molecule has 84 valence electrons. The number of pyridine rings is 1. The van der Waals surface area contributed by atoms with Crippen LogP contribution in [-0.2, 0) is 6.42 Å². The van der Waals surface area contributed by atoms with Crippen LogP contribution >= 0.6 is 23.4 Å². The molecule has 1 rings (SSSR count). The molecule has 4 heteroatoms. The molecule has 0 saturated heterocycles. The van der Waals surface area contributed by atoms with Crippen LogP contribution in [0.15, 0.2) is 18.5 Å². The molecule has 15 heavy (non-hydrogen) atoms. The average Bonchev–Trinajstić information content (AvgIpc) is 2.18. The average molecular weight is 245 g/mol. The highest BCUT2D eigenvalue weighted by Crippen LogP contribution is 2.17. The van der Waals surface area contributed by atoms with E-state index < -0.39 is 0 Å².